The maximum absolute atomic E-state index is 8.52. The molecule has 0 spiro atoms. The van der Waals surface area contributed by atoms with E-state index in [1.807, 2.05) is 0 Å². The van der Waals surface area contributed by atoms with Gasteiger partial charge in [0.25, 0.3) is 0 Å². The second-order valence-electron chi connectivity index (χ2n) is 0.567. The van der Waals surface area contributed by atoms with E-state index >= 15 is 0 Å². The molecule has 92 valence electrons. The average molecular weight is 557 g/mol. The number of halogens is 3. The normalized spacial score (nSPS) is 8.31. The first-order valence-electron chi connectivity index (χ1n) is 1.39. The molecule has 0 rings (SSSR count). The molecule has 0 N–H and O–H groups in total. The fraction of sp³-hybridized carbons (Fsp3) is 0. The second kappa shape index (κ2) is 20.1. The summed E-state index contributed by atoms with van der Waals surface area (Å²) in [5, 5.41) is 0. The van der Waals surface area contributed by atoms with Crippen molar-refractivity contribution in [1.82, 2.24) is 0 Å². The molecule has 0 atom stereocenters. The Morgan fingerprint density at radius 3 is 0.385 bits per heavy atom. The van der Waals surface area contributed by atoms with E-state index < -0.39 is 44.4 Å². The SMILES string of the molecule is [O-][Br+2]([O-])[O-].[O-][Br+2]([O-])[O-].[O-][Br+2]([O-])[O-].[Yb]. The zero-order chi connectivity index (χ0) is 10.7. The van der Waals surface area contributed by atoms with Gasteiger partial charge in [-0.05, 0) is 0 Å². The van der Waals surface area contributed by atoms with Gasteiger partial charge in [0.2, 0.25) is 44.4 Å². The molecule has 0 aliphatic heterocycles. The van der Waals surface area contributed by atoms with Gasteiger partial charge in [0.15, 0.2) is 0 Å². The largest absolute Gasteiger partial charge is 0.405 e. The summed E-state index contributed by atoms with van der Waals surface area (Å²) in [6.07, 6.45) is 0. The molecule has 0 fully saturated rings. The standard InChI is InChI=1S/3BrO3.Yb/c3*2-1(3)4;/q3*-1;. The van der Waals surface area contributed by atoms with E-state index in [9.17, 15) is 0 Å². The van der Waals surface area contributed by atoms with E-state index in [2.05, 4.69) is 0 Å². The summed E-state index contributed by atoms with van der Waals surface area (Å²) < 4.78 is 76.7. The topological polar surface area (TPSA) is 208 Å². The predicted octanol–water partition coefficient (Wildman–Crippen LogP) is -10.7. The van der Waals surface area contributed by atoms with Crippen molar-refractivity contribution < 1.29 is 129 Å². The summed E-state index contributed by atoms with van der Waals surface area (Å²) in [5.41, 5.74) is 0. The Morgan fingerprint density at radius 1 is 0.385 bits per heavy atom. The smallest absolute Gasteiger partial charge is 0.216 e. The Labute approximate surface area is 127 Å². The fourth-order valence-electron chi connectivity index (χ4n) is 0. The van der Waals surface area contributed by atoms with Crippen LogP contribution in [0.3, 0.4) is 0 Å². The van der Waals surface area contributed by atoms with Crippen LogP contribution in [0.5, 0.6) is 0 Å². The van der Waals surface area contributed by atoms with E-state index in [0.717, 1.165) is 0 Å². The molecule has 0 aromatic heterocycles. The van der Waals surface area contributed by atoms with Crippen LogP contribution in [0.25, 0.3) is 0 Å². The van der Waals surface area contributed by atoms with Crippen molar-refractivity contribution in [3.8, 4) is 0 Å². The Balaban J connectivity index is -0.0000000450. The van der Waals surface area contributed by atoms with Crippen LogP contribution < -0.4 is 37.8 Å². The van der Waals surface area contributed by atoms with Gasteiger partial charge in [-0.15, -0.1) is 0 Å². The third-order valence-electron chi connectivity index (χ3n) is 0. The van der Waals surface area contributed by atoms with Crippen molar-refractivity contribution in [2.45, 2.75) is 0 Å². The van der Waals surface area contributed by atoms with Crippen LogP contribution in [0.1, 0.15) is 0 Å². The predicted molar refractivity (Wildman–Crippen MR) is 0 cm³/mol. The molecule has 0 saturated carbocycles. The third-order valence-corrected chi connectivity index (χ3v) is 0. The molecule has 0 aromatic carbocycles. The molecule has 0 unspecified atom stereocenters. The monoisotopic (exact) mass is 555 g/mol. The van der Waals surface area contributed by atoms with Crippen LogP contribution in [0, 0.1) is 91.4 Å². The molecule has 0 radical (unpaired) electrons. The van der Waals surface area contributed by atoms with E-state index in [0.29, 0.717) is 0 Å². The Morgan fingerprint density at radius 2 is 0.385 bits per heavy atom. The maximum atomic E-state index is 8.52. The van der Waals surface area contributed by atoms with Crippen LogP contribution >= 0.6 is 0 Å². The third kappa shape index (κ3) is 343. The first-order chi connectivity index (χ1) is 5.20. The van der Waals surface area contributed by atoms with Gasteiger partial charge in [0.1, 0.15) is 0 Å². The molecule has 0 bridgehead atoms. The maximum Gasteiger partial charge on any atom is 0.216 e. The molecule has 9 nitrogen and oxygen atoms in total. The zero-order valence-electron chi connectivity index (χ0n) is 5.08. The Hall–Kier alpha value is 2.60. The van der Waals surface area contributed by atoms with Gasteiger partial charge in [0, 0.05) is 46.9 Å². The van der Waals surface area contributed by atoms with Crippen LogP contribution in [0.4, 0.5) is 0 Å². The van der Waals surface area contributed by atoms with E-state index in [1.54, 1.807) is 0 Å². The molecule has 0 aliphatic carbocycles. The van der Waals surface area contributed by atoms with Gasteiger partial charge >= 0.3 is 0 Å². The number of hydrogen-bond donors (Lipinski definition) is 0. The first kappa shape index (κ1) is 24.7. The fourth-order valence-corrected chi connectivity index (χ4v) is 0. The zero-order valence-corrected chi connectivity index (χ0v) is 11.5. The van der Waals surface area contributed by atoms with Crippen molar-refractivity contribution >= 4 is 0 Å². The van der Waals surface area contributed by atoms with Crippen LogP contribution in [-0.2, 0) is 0 Å². The van der Waals surface area contributed by atoms with Crippen molar-refractivity contribution in [2.75, 3.05) is 0 Å². The minimum absolute atomic E-state index is 0. The van der Waals surface area contributed by atoms with Crippen molar-refractivity contribution in [1.29, 1.82) is 0 Å². The molecule has 13 heteroatoms. The molecule has 0 saturated heterocycles. The van der Waals surface area contributed by atoms with E-state index in [-0.39, 0.29) is 46.9 Å². The molecular formula is Br3O9Yb-3. The van der Waals surface area contributed by atoms with Crippen LogP contribution in [0.2, 0.25) is 0 Å². The van der Waals surface area contributed by atoms with Gasteiger partial charge in [-0.3, -0.25) is 0 Å². The molecule has 0 aromatic rings. The molecule has 0 aliphatic rings. The summed E-state index contributed by atoms with van der Waals surface area (Å²) in [7, 11) is 0. The molecular weight excluding hydrogens is 557 g/mol. The van der Waals surface area contributed by atoms with Gasteiger partial charge < -0.3 is 37.8 Å². The second-order valence-corrected chi connectivity index (χ2v) is 2.95. The number of rotatable bonds is 0. The van der Waals surface area contributed by atoms with Crippen molar-refractivity contribution in [2.24, 2.45) is 0 Å². The minimum Gasteiger partial charge on any atom is -0.405 e. The Kier molecular flexibility index (Phi) is 38.1. The molecule has 0 amide bonds. The summed E-state index contributed by atoms with van der Waals surface area (Å²) in [5.74, 6) is 0. The molecule has 13 heavy (non-hydrogen) atoms. The van der Waals surface area contributed by atoms with Gasteiger partial charge in [-0.25, -0.2) is 0 Å². The van der Waals surface area contributed by atoms with E-state index in [4.69, 9.17) is 37.8 Å². The van der Waals surface area contributed by atoms with Crippen molar-refractivity contribution in [3.63, 3.8) is 0 Å². The summed E-state index contributed by atoms with van der Waals surface area (Å²) in [6, 6.07) is 0. The summed E-state index contributed by atoms with van der Waals surface area (Å²) in [6.45, 7) is 0. The number of hydrogen-bond acceptors (Lipinski definition) is 9. The van der Waals surface area contributed by atoms with E-state index in [1.165, 1.54) is 0 Å². The summed E-state index contributed by atoms with van der Waals surface area (Å²) in [4.78, 5) is 0. The molecule has 0 heterocycles. The Bertz CT molecular complexity index is 43.4. The van der Waals surface area contributed by atoms with Crippen molar-refractivity contribution in [3.05, 3.63) is 0 Å². The van der Waals surface area contributed by atoms with Gasteiger partial charge in [-0.1, -0.05) is 0 Å². The minimum atomic E-state index is -3.65. The van der Waals surface area contributed by atoms with Gasteiger partial charge in [0.05, 0.1) is 0 Å². The quantitative estimate of drug-likeness (QED) is 0.277. The average Bonchev–Trinajstić information content (AvgIpc) is 1.54. The van der Waals surface area contributed by atoms with Gasteiger partial charge in [-0.2, -0.15) is 0 Å². The summed E-state index contributed by atoms with van der Waals surface area (Å²) >= 11 is -10.9. The van der Waals surface area contributed by atoms with Crippen LogP contribution in [0.15, 0.2) is 0 Å². The van der Waals surface area contributed by atoms with Crippen LogP contribution in [-0.4, -0.2) is 0 Å². The first-order valence-corrected chi connectivity index (χ1v) is 7.22.